The highest BCUT2D eigenvalue weighted by molar-refractivity contribution is 7.99. The highest BCUT2D eigenvalue weighted by Gasteiger charge is 2.14. The first-order chi connectivity index (χ1) is 18.0. The molecule has 0 aliphatic rings. The molecular formula is C24H21B3N5O2S3. The van der Waals surface area contributed by atoms with Gasteiger partial charge in [0.1, 0.15) is 25.7 Å². The lowest BCUT2D eigenvalue weighted by Crippen LogP contribution is -2.26. The lowest BCUT2D eigenvalue weighted by atomic mass is 9.71. The molecule has 1 amide bonds. The van der Waals surface area contributed by atoms with E-state index in [-0.39, 0.29) is 24.4 Å². The summed E-state index contributed by atoms with van der Waals surface area (Å²) in [5.41, 5.74) is 2.75. The summed E-state index contributed by atoms with van der Waals surface area (Å²) >= 11 is 4.59. The summed E-state index contributed by atoms with van der Waals surface area (Å²) in [4.78, 5) is 25.2. The number of carbonyl (C=O) groups excluding carboxylic acids is 2. The summed E-state index contributed by atoms with van der Waals surface area (Å²) < 4.78 is 0. The van der Waals surface area contributed by atoms with Crippen LogP contribution >= 0.6 is 34.4 Å². The molecule has 0 spiro atoms. The maximum absolute atomic E-state index is 12.3. The van der Waals surface area contributed by atoms with Crippen LogP contribution in [0.5, 0.6) is 0 Å². The fourth-order valence-corrected chi connectivity index (χ4v) is 6.05. The molecule has 0 aliphatic carbocycles. The molecule has 4 aromatic rings. The van der Waals surface area contributed by atoms with E-state index in [9.17, 15) is 9.59 Å². The molecule has 4 rings (SSSR count). The number of nitrogens with zero attached hydrogens (tertiary/aromatic N) is 4. The van der Waals surface area contributed by atoms with Crippen molar-refractivity contribution in [3.8, 4) is 0 Å². The van der Waals surface area contributed by atoms with Crippen molar-refractivity contribution >= 4 is 90.0 Å². The Morgan fingerprint density at radius 3 is 2.08 bits per heavy atom. The summed E-state index contributed by atoms with van der Waals surface area (Å²) in [6.45, 7) is 0. The minimum absolute atomic E-state index is 0.0493. The Hall–Kier alpha value is -2.76. The maximum atomic E-state index is 12.3. The van der Waals surface area contributed by atoms with Crippen molar-refractivity contribution in [2.75, 3.05) is 16.8 Å². The number of hydrogen-bond donors (Lipinski definition) is 1. The van der Waals surface area contributed by atoms with Gasteiger partial charge in [-0.05, 0) is 22.6 Å². The van der Waals surface area contributed by atoms with E-state index in [0.717, 1.165) is 45.5 Å². The Balaban J connectivity index is 1.13. The Bertz CT molecular complexity index is 1260. The Morgan fingerprint density at radius 1 is 0.811 bits per heavy atom. The van der Waals surface area contributed by atoms with Gasteiger partial charge in [0.25, 0.3) is 7.28 Å². The predicted molar refractivity (Wildman–Crippen MR) is 155 cm³/mol. The number of thioether (sulfide) groups is 1. The number of nitrogens with one attached hydrogen (secondary N) is 1. The zero-order valence-electron chi connectivity index (χ0n) is 19.9. The third-order valence-electron chi connectivity index (χ3n) is 5.23. The van der Waals surface area contributed by atoms with Crippen LogP contribution in [-0.4, -0.2) is 66.5 Å². The molecule has 0 saturated heterocycles. The van der Waals surface area contributed by atoms with E-state index in [4.69, 9.17) is 15.7 Å². The number of amides is 1. The molecule has 37 heavy (non-hydrogen) atoms. The lowest BCUT2D eigenvalue weighted by Gasteiger charge is -2.04. The van der Waals surface area contributed by atoms with Crippen LogP contribution < -0.4 is 21.1 Å². The van der Waals surface area contributed by atoms with E-state index in [1.54, 1.807) is 23.9 Å². The van der Waals surface area contributed by atoms with E-state index in [2.05, 4.69) is 25.7 Å². The van der Waals surface area contributed by atoms with Crippen LogP contribution in [-0.2, 0) is 35.3 Å². The van der Waals surface area contributed by atoms with Crippen LogP contribution in [0.3, 0.4) is 0 Å². The second-order valence-corrected chi connectivity index (χ2v) is 11.4. The molecule has 13 heteroatoms. The van der Waals surface area contributed by atoms with Gasteiger partial charge in [0.15, 0.2) is 0 Å². The lowest BCUT2D eigenvalue weighted by molar-refractivity contribution is -0.115. The summed E-state index contributed by atoms with van der Waals surface area (Å²) in [7, 11) is 13.3. The van der Waals surface area contributed by atoms with Gasteiger partial charge in [0.05, 0.1) is 17.0 Å². The smallest absolute Gasteiger partial charge is 0.283 e. The van der Waals surface area contributed by atoms with Crippen LogP contribution in [0, 0.1) is 0 Å². The van der Waals surface area contributed by atoms with Gasteiger partial charge in [-0.25, -0.2) is 0 Å². The molecule has 0 aliphatic heterocycles. The first kappa shape index (κ1) is 27.3. The number of carbonyl (C=O) groups is 2. The fraction of sp³-hybridized carbons (Fsp3) is 0.250. The first-order valence-electron chi connectivity index (χ1n) is 11.5. The third kappa shape index (κ3) is 8.65. The van der Waals surface area contributed by atoms with Gasteiger partial charge in [-0.15, -0.1) is 26.6 Å². The molecule has 7 nitrogen and oxygen atoms in total. The van der Waals surface area contributed by atoms with Gasteiger partial charge in [0.2, 0.25) is 11.0 Å². The Morgan fingerprint density at radius 2 is 1.41 bits per heavy atom. The second-order valence-electron chi connectivity index (χ2n) is 8.06. The van der Waals surface area contributed by atoms with E-state index in [1.807, 2.05) is 36.4 Å². The first-order valence-corrected chi connectivity index (χ1v) is 14.3. The predicted octanol–water partition coefficient (Wildman–Crippen LogP) is 0.776. The minimum Gasteiger partial charge on any atom is -0.311 e. The topological polar surface area (TPSA) is 97.7 Å². The van der Waals surface area contributed by atoms with Gasteiger partial charge in [-0.3, -0.25) is 4.79 Å². The van der Waals surface area contributed by atoms with Gasteiger partial charge < -0.3 is 10.1 Å². The van der Waals surface area contributed by atoms with Crippen molar-refractivity contribution in [1.29, 1.82) is 0 Å². The van der Waals surface area contributed by atoms with Crippen molar-refractivity contribution in [1.82, 2.24) is 20.4 Å². The zero-order valence-corrected chi connectivity index (χ0v) is 22.4. The van der Waals surface area contributed by atoms with Crippen molar-refractivity contribution in [3.05, 3.63) is 69.7 Å². The number of rotatable bonds is 13. The third-order valence-corrected chi connectivity index (χ3v) is 8.04. The maximum Gasteiger partial charge on any atom is 0.283 e. The summed E-state index contributed by atoms with van der Waals surface area (Å²) in [5.74, 6) is 1.58. The fourth-order valence-electron chi connectivity index (χ4n) is 3.36. The van der Waals surface area contributed by atoms with Crippen LogP contribution in [0.2, 0.25) is 0 Å². The van der Waals surface area contributed by atoms with Crippen LogP contribution in [0.1, 0.15) is 21.1 Å². The number of aromatic nitrogens is 4. The molecular weight excluding hydrogens is 519 g/mol. The molecule has 0 bridgehead atoms. The molecule has 0 saturated carbocycles. The van der Waals surface area contributed by atoms with Crippen LogP contribution in [0.15, 0.2) is 48.5 Å². The Labute approximate surface area is 231 Å². The van der Waals surface area contributed by atoms with E-state index >= 15 is 0 Å². The largest absolute Gasteiger partial charge is 0.311 e. The molecule has 2 aromatic heterocycles. The highest BCUT2D eigenvalue weighted by Crippen LogP contribution is 2.18. The highest BCUT2D eigenvalue weighted by atomic mass is 32.2. The van der Waals surface area contributed by atoms with Crippen molar-refractivity contribution in [2.45, 2.75) is 25.7 Å². The van der Waals surface area contributed by atoms with Crippen molar-refractivity contribution in [3.63, 3.8) is 0 Å². The summed E-state index contributed by atoms with van der Waals surface area (Å²) in [6.07, 6.45) is 1.97. The SMILES string of the molecule is [B]c1ccccc1CC(=O)[B]c1nnc(CCSCCc2nnc(NC(=O)Cc3ccccc3[B])s2)s1. The summed E-state index contributed by atoms with van der Waals surface area (Å²) in [6, 6.07) is 14.7. The number of anilines is 1. The van der Waals surface area contributed by atoms with Crippen molar-refractivity contribution in [2.24, 2.45) is 0 Å². The van der Waals surface area contributed by atoms with E-state index < -0.39 is 0 Å². The van der Waals surface area contributed by atoms with Gasteiger partial charge in [-0.1, -0.05) is 70.8 Å². The molecule has 2 heterocycles. The van der Waals surface area contributed by atoms with Gasteiger partial charge >= 0.3 is 0 Å². The number of hydrogen-bond acceptors (Lipinski definition) is 9. The second kappa shape index (κ2) is 13.7. The normalized spacial score (nSPS) is 10.8. The Kier molecular flexibility index (Phi) is 10.1. The quantitative estimate of drug-likeness (QED) is 0.198. The molecule has 5 radical (unpaired) electrons. The molecule has 0 fully saturated rings. The summed E-state index contributed by atoms with van der Waals surface area (Å²) in [5, 5.41) is 21.6. The van der Waals surface area contributed by atoms with Crippen molar-refractivity contribution < 1.29 is 9.59 Å². The number of benzene rings is 2. The average Bonchev–Trinajstić information content (AvgIpc) is 3.51. The molecule has 0 unspecified atom stereocenters. The zero-order chi connectivity index (χ0) is 26.0. The average molecular weight is 540 g/mol. The van der Waals surface area contributed by atoms with Gasteiger partial charge in [0, 0.05) is 19.3 Å². The number of aryl methyl sites for hydroxylation is 2. The molecule has 181 valence electrons. The molecule has 0 atom stereocenters. The molecule has 2 aromatic carbocycles. The van der Waals surface area contributed by atoms with E-state index in [0.29, 0.717) is 21.0 Å². The monoisotopic (exact) mass is 540 g/mol. The standard InChI is InChI=1S/C24H21B3N5O2S3/c25-17-7-3-1-5-15(17)13-19(33)27-23-31-29-21(36-23)9-11-35-12-10-22-30-32-24(37-22)28-20(34)14-16-6-2-4-8-18(16)26/h1-8H,9-14H2,(H,28,32,34). The van der Waals surface area contributed by atoms with Crippen LogP contribution in [0.25, 0.3) is 0 Å². The van der Waals surface area contributed by atoms with Crippen LogP contribution in [0.4, 0.5) is 5.13 Å². The molecule has 1 N–H and O–H groups in total. The van der Waals surface area contributed by atoms with E-state index in [1.165, 1.54) is 30.0 Å². The van der Waals surface area contributed by atoms with Gasteiger partial charge in [-0.2, -0.15) is 16.9 Å². The minimum atomic E-state index is -0.172.